The Morgan fingerprint density at radius 2 is 1.91 bits per heavy atom. The molecule has 22 heavy (non-hydrogen) atoms. The molecule has 0 saturated heterocycles. The predicted octanol–water partition coefficient (Wildman–Crippen LogP) is 4.66. The highest BCUT2D eigenvalue weighted by Crippen LogP contribution is 2.34. The number of nitrogens with zero attached hydrogens (tertiary/aromatic N) is 2. The van der Waals surface area contributed by atoms with Crippen molar-refractivity contribution < 1.29 is 4.39 Å². The molecule has 0 spiro atoms. The van der Waals surface area contributed by atoms with Crippen molar-refractivity contribution in [2.24, 2.45) is 0 Å². The van der Waals surface area contributed by atoms with Crippen molar-refractivity contribution in [2.45, 2.75) is 51.9 Å². The normalized spacial score (nSPS) is 14.5. The van der Waals surface area contributed by atoms with Gasteiger partial charge in [-0.2, -0.15) is 5.10 Å². The molecular formula is C18H24FN3. The minimum atomic E-state index is -0.213. The molecule has 1 aliphatic rings. The Morgan fingerprint density at radius 1 is 1.18 bits per heavy atom. The zero-order valence-corrected chi connectivity index (χ0v) is 13.4. The minimum Gasteiger partial charge on any atom is -0.370 e. The summed E-state index contributed by atoms with van der Waals surface area (Å²) in [6, 6.07) is 6.59. The van der Waals surface area contributed by atoms with Crippen LogP contribution in [0.3, 0.4) is 0 Å². The monoisotopic (exact) mass is 301 g/mol. The summed E-state index contributed by atoms with van der Waals surface area (Å²) < 4.78 is 15.2. The Labute approximate surface area is 131 Å². The van der Waals surface area contributed by atoms with Gasteiger partial charge in [0.25, 0.3) is 0 Å². The van der Waals surface area contributed by atoms with Gasteiger partial charge in [-0.3, -0.25) is 0 Å². The van der Waals surface area contributed by atoms with Crippen molar-refractivity contribution in [1.29, 1.82) is 0 Å². The zero-order valence-electron chi connectivity index (χ0n) is 13.4. The molecule has 0 unspecified atom stereocenters. The number of halogens is 1. The Morgan fingerprint density at radius 3 is 2.59 bits per heavy atom. The van der Waals surface area contributed by atoms with Crippen molar-refractivity contribution in [3.05, 3.63) is 41.3 Å². The van der Waals surface area contributed by atoms with E-state index in [1.807, 2.05) is 4.68 Å². The van der Waals surface area contributed by atoms with Crippen LogP contribution in [0.25, 0.3) is 5.69 Å². The van der Waals surface area contributed by atoms with E-state index in [1.165, 1.54) is 36.2 Å². The molecule has 1 N–H and O–H groups in total. The standard InChI is InChI=1S/C18H24FN3/c1-3-13(4-2)17-16-7-5-6-12-20-18(16)22(21-17)15-10-8-14(19)9-11-15/h8-11,13,20H,3-7,12H2,1-2H3. The third kappa shape index (κ3) is 2.74. The van der Waals surface area contributed by atoms with Gasteiger partial charge in [0.2, 0.25) is 0 Å². The lowest BCUT2D eigenvalue weighted by Gasteiger charge is -2.11. The Hall–Kier alpha value is -1.84. The van der Waals surface area contributed by atoms with Gasteiger partial charge in [-0.15, -0.1) is 0 Å². The first kappa shape index (κ1) is 15.1. The van der Waals surface area contributed by atoms with Gasteiger partial charge in [0.1, 0.15) is 11.6 Å². The summed E-state index contributed by atoms with van der Waals surface area (Å²) in [4.78, 5) is 0. The number of anilines is 1. The maximum Gasteiger partial charge on any atom is 0.133 e. The van der Waals surface area contributed by atoms with E-state index in [0.29, 0.717) is 5.92 Å². The van der Waals surface area contributed by atoms with E-state index in [4.69, 9.17) is 5.10 Å². The van der Waals surface area contributed by atoms with E-state index in [0.717, 1.165) is 37.3 Å². The van der Waals surface area contributed by atoms with Crippen molar-refractivity contribution in [2.75, 3.05) is 11.9 Å². The fourth-order valence-electron chi connectivity index (χ4n) is 3.30. The lowest BCUT2D eigenvalue weighted by atomic mass is 9.94. The number of fused-ring (bicyclic) bond motifs is 1. The summed E-state index contributed by atoms with van der Waals surface area (Å²) in [7, 11) is 0. The maximum absolute atomic E-state index is 13.2. The van der Waals surface area contributed by atoms with Crippen molar-refractivity contribution >= 4 is 5.82 Å². The highest BCUT2D eigenvalue weighted by molar-refractivity contribution is 5.55. The summed E-state index contributed by atoms with van der Waals surface area (Å²) in [5.41, 5.74) is 3.50. The molecule has 0 bridgehead atoms. The maximum atomic E-state index is 13.2. The van der Waals surface area contributed by atoms with Crippen LogP contribution in [0.15, 0.2) is 24.3 Å². The Bertz CT molecular complexity index is 627. The number of rotatable bonds is 4. The van der Waals surface area contributed by atoms with Gasteiger partial charge in [0.05, 0.1) is 11.4 Å². The minimum absolute atomic E-state index is 0.213. The second-order valence-corrected chi connectivity index (χ2v) is 6.00. The van der Waals surface area contributed by atoms with Gasteiger partial charge in [0.15, 0.2) is 0 Å². The van der Waals surface area contributed by atoms with Crippen molar-refractivity contribution in [3.63, 3.8) is 0 Å². The molecular weight excluding hydrogens is 277 g/mol. The summed E-state index contributed by atoms with van der Waals surface area (Å²) >= 11 is 0. The van der Waals surface area contributed by atoms with E-state index >= 15 is 0 Å². The number of hydrogen-bond acceptors (Lipinski definition) is 2. The van der Waals surface area contributed by atoms with Gasteiger partial charge >= 0.3 is 0 Å². The highest BCUT2D eigenvalue weighted by Gasteiger charge is 2.24. The molecule has 0 saturated carbocycles. The van der Waals surface area contributed by atoms with Crippen LogP contribution in [0.2, 0.25) is 0 Å². The molecule has 0 radical (unpaired) electrons. The molecule has 1 aliphatic heterocycles. The third-order valence-corrected chi connectivity index (χ3v) is 4.60. The molecule has 2 aromatic rings. The van der Waals surface area contributed by atoms with Crippen LogP contribution >= 0.6 is 0 Å². The van der Waals surface area contributed by atoms with Gasteiger partial charge in [0, 0.05) is 18.0 Å². The van der Waals surface area contributed by atoms with E-state index in [2.05, 4.69) is 19.2 Å². The molecule has 3 rings (SSSR count). The lowest BCUT2D eigenvalue weighted by Crippen LogP contribution is -2.07. The topological polar surface area (TPSA) is 29.9 Å². The van der Waals surface area contributed by atoms with Gasteiger partial charge in [-0.1, -0.05) is 13.8 Å². The smallest absolute Gasteiger partial charge is 0.133 e. The Kier molecular flexibility index (Phi) is 4.46. The third-order valence-electron chi connectivity index (χ3n) is 4.60. The van der Waals surface area contributed by atoms with Crippen LogP contribution in [-0.2, 0) is 6.42 Å². The summed E-state index contributed by atoms with van der Waals surface area (Å²) in [6.45, 7) is 5.42. The van der Waals surface area contributed by atoms with Crippen molar-refractivity contribution in [3.8, 4) is 5.69 Å². The van der Waals surface area contributed by atoms with Crippen LogP contribution in [0.1, 0.15) is 56.7 Å². The number of nitrogens with one attached hydrogen (secondary N) is 1. The first-order valence-corrected chi connectivity index (χ1v) is 8.36. The molecule has 118 valence electrons. The zero-order chi connectivity index (χ0) is 15.5. The van der Waals surface area contributed by atoms with Crippen molar-refractivity contribution in [1.82, 2.24) is 9.78 Å². The summed E-state index contributed by atoms with van der Waals surface area (Å²) in [5.74, 6) is 1.39. The molecule has 0 fully saturated rings. The molecule has 3 nitrogen and oxygen atoms in total. The van der Waals surface area contributed by atoms with E-state index in [1.54, 1.807) is 12.1 Å². The SMILES string of the molecule is CCC(CC)c1nn(-c2ccc(F)cc2)c2c1CCCCN2. The average molecular weight is 301 g/mol. The Balaban J connectivity index is 2.11. The molecule has 0 amide bonds. The van der Waals surface area contributed by atoms with Crippen LogP contribution < -0.4 is 5.32 Å². The average Bonchev–Trinajstić information content (AvgIpc) is 2.73. The fourth-order valence-corrected chi connectivity index (χ4v) is 3.30. The number of aromatic nitrogens is 2. The second-order valence-electron chi connectivity index (χ2n) is 6.00. The molecule has 0 atom stereocenters. The number of benzene rings is 1. The molecule has 1 aromatic carbocycles. The van der Waals surface area contributed by atoms with E-state index < -0.39 is 0 Å². The van der Waals surface area contributed by atoms with Crippen LogP contribution in [-0.4, -0.2) is 16.3 Å². The second kappa shape index (κ2) is 6.51. The van der Waals surface area contributed by atoms with Gasteiger partial charge in [-0.05, 0) is 56.4 Å². The lowest BCUT2D eigenvalue weighted by molar-refractivity contribution is 0.604. The first-order chi connectivity index (χ1) is 10.7. The summed E-state index contributed by atoms with van der Waals surface area (Å²) in [5, 5.41) is 8.44. The largest absolute Gasteiger partial charge is 0.370 e. The fraction of sp³-hybridized carbons (Fsp3) is 0.500. The predicted molar refractivity (Wildman–Crippen MR) is 88.3 cm³/mol. The summed E-state index contributed by atoms with van der Waals surface area (Å²) in [6.07, 6.45) is 5.66. The quantitative estimate of drug-likeness (QED) is 0.890. The molecule has 2 heterocycles. The highest BCUT2D eigenvalue weighted by atomic mass is 19.1. The van der Waals surface area contributed by atoms with Gasteiger partial charge in [-0.25, -0.2) is 9.07 Å². The molecule has 4 heteroatoms. The van der Waals surface area contributed by atoms with Crippen LogP contribution in [0.5, 0.6) is 0 Å². The van der Waals surface area contributed by atoms with Gasteiger partial charge < -0.3 is 5.32 Å². The van der Waals surface area contributed by atoms with E-state index in [-0.39, 0.29) is 5.82 Å². The van der Waals surface area contributed by atoms with Crippen LogP contribution in [0, 0.1) is 5.82 Å². The van der Waals surface area contributed by atoms with E-state index in [9.17, 15) is 4.39 Å². The van der Waals surface area contributed by atoms with Crippen LogP contribution in [0.4, 0.5) is 10.2 Å². The first-order valence-electron chi connectivity index (χ1n) is 8.36. The number of hydrogen-bond donors (Lipinski definition) is 1. The molecule has 0 aliphatic carbocycles. The molecule has 1 aromatic heterocycles.